The number of carbonyl (C=O) groups excluding carboxylic acids is 18. The van der Waals surface area contributed by atoms with E-state index < -0.39 is 23.9 Å². The molecule has 2 atom stereocenters. The molecule has 0 aromatic heterocycles. The van der Waals surface area contributed by atoms with Crippen molar-refractivity contribution in [2.45, 2.75) is 375 Å². The third-order valence-electron chi connectivity index (χ3n) is 17.2. The number of ketones is 9. The van der Waals surface area contributed by atoms with E-state index in [1.807, 2.05) is 166 Å². The van der Waals surface area contributed by atoms with Gasteiger partial charge in [-0.1, -0.05) is 24.3 Å². The number of nitrogens with two attached hydrogens (primary N) is 2. The smallest absolute Gasteiger partial charge is 0.246 e. The van der Waals surface area contributed by atoms with E-state index >= 15 is 0 Å². The van der Waals surface area contributed by atoms with Crippen molar-refractivity contribution in [3.8, 4) is 0 Å². The molecule has 1 rings (SSSR count). The maximum atomic E-state index is 12.0. The van der Waals surface area contributed by atoms with Gasteiger partial charge in [0.1, 0.15) is 52.2 Å². The lowest BCUT2D eigenvalue weighted by molar-refractivity contribution is -0.133. The maximum absolute atomic E-state index is 12.0. The van der Waals surface area contributed by atoms with Crippen LogP contribution in [0.1, 0.15) is 298 Å². The number of Topliss-reactive ketones (excluding diaryl/α,β-unsaturated/α-hetero) is 9. The van der Waals surface area contributed by atoms with Crippen molar-refractivity contribution < 1.29 is 153 Å². The van der Waals surface area contributed by atoms with Crippen molar-refractivity contribution in [3.05, 3.63) is 35.4 Å². The van der Waals surface area contributed by atoms with Gasteiger partial charge >= 0.3 is 0 Å². The summed E-state index contributed by atoms with van der Waals surface area (Å²) in [4.78, 5) is 207. The Balaban J connectivity index is -0.000000384. The zero-order valence-corrected chi connectivity index (χ0v) is 91.1. The number of hydrogen-bond donors (Lipinski definition) is 10. The van der Waals surface area contributed by atoms with Crippen molar-refractivity contribution in [3.63, 3.8) is 0 Å². The summed E-state index contributed by atoms with van der Waals surface area (Å²) in [5.74, 6) is -4.10. The average Bonchev–Trinajstić information content (AvgIpc) is 0.866. The average molecular weight is 2050 g/mol. The summed E-state index contributed by atoms with van der Waals surface area (Å²) in [6.07, 6.45) is 2.81. The van der Waals surface area contributed by atoms with E-state index in [1.54, 1.807) is 52.0 Å². The summed E-state index contributed by atoms with van der Waals surface area (Å²) in [6.45, 7) is 54.9. The van der Waals surface area contributed by atoms with Crippen molar-refractivity contribution >= 4 is 105 Å². The lowest BCUT2D eigenvalue weighted by Gasteiger charge is -2.17. The highest BCUT2D eigenvalue weighted by Gasteiger charge is 2.25. The zero-order chi connectivity index (χ0) is 111. The van der Waals surface area contributed by atoms with Gasteiger partial charge in [-0.25, -0.2) is 0 Å². The largest absolute Gasteiger partial charge is 0.378 e. The molecule has 2 unspecified atom stereocenters. The standard InChI is InChI=1S/C18H26O4.C17H30N2O6.2C14H26N2O5.C13H26N2O4.C13H25NO4.C12H23NO4/c1-13(2)21-11-9-17(19)15-5-7-16(8-6-15)18(20)10-12-22-14(3)4;1-12(2)24-8-7-15(21)10-18-16(22)6-5-14(20)9-19-17(23)11-25-13(3)4;1-10(2)20-8-14(19)15-7-12(17)5-6-13(18)16-9-21-11(3)4;1-9(2)20-6-5-12(17)11(7-13(15)18)16-14(19)8-21-10(3)4;1-9(2)18-6-5-12(16)11(7-14)15-13(17)8-19-10(3)4;1-10(2)17-8-6-12(15)5-7-14-13(16)9-18-11(3)4;1-9(2)16-6-5-11(14)7-13-12(15)8-17-10(3)4/h5-8,13-14H,9-12H2,1-4H3;12-13H,5-11H2,1-4H3,(H,18,22)(H,19,23);10-11H,5-9H2,1-4H3,(H,15,19)(H,16,18);9-11H,5-8H2,1-4H3,(H2,15,18)(H,16,19);9-11H,5-8,14H2,1-4H3,(H,15,17);10-11H,5-9H2,1-4H3,(H,14,16);9-10H,5-8H2,1-4H3,(H,13,15). The van der Waals surface area contributed by atoms with Crippen LogP contribution in [0.3, 0.4) is 0 Å². The summed E-state index contributed by atoms with van der Waals surface area (Å²) in [6, 6.07) is 5.21. The molecular formula is C101H182N10O32. The number of benzene rings is 1. The fourth-order valence-electron chi connectivity index (χ4n) is 9.70. The molecule has 1 aromatic rings. The predicted molar refractivity (Wildman–Crippen MR) is 541 cm³/mol. The Labute approximate surface area is 850 Å². The molecule has 9 amide bonds. The number of primary amides is 1. The van der Waals surface area contributed by atoms with Crippen LogP contribution in [0.25, 0.3) is 0 Å². The molecule has 0 spiro atoms. The van der Waals surface area contributed by atoms with Crippen LogP contribution in [0.5, 0.6) is 0 Å². The number of carbonyl (C=O) groups is 18. The molecule has 0 radical (unpaired) electrons. The topological polar surface area (TPSA) is 585 Å². The molecule has 42 nitrogen and oxygen atoms in total. The summed E-state index contributed by atoms with van der Waals surface area (Å²) >= 11 is 0. The van der Waals surface area contributed by atoms with Crippen LogP contribution in [0, 0.1) is 0 Å². The molecule has 0 aliphatic heterocycles. The highest BCUT2D eigenvalue weighted by Crippen LogP contribution is 2.12. The van der Waals surface area contributed by atoms with Crippen LogP contribution < -0.4 is 54.0 Å². The molecule has 0 saturated carbocycles. The summed E-state index contributed by atoms with van der Waals surface area (Å²) in [5.41, 5.74) is 11.8. The minimum absolute atomic E-state index is 0.00179. The minimum Gasteiger partial charge on any atom is -0.378 e. The summed E-state index contributed by atoms with van der Waals surface area (Å²) < 4.78 is 73.0. The number of rotatable bonds is 75. The van der Waals surface area contributed by atoms with Gasteiger partial charge in [0, 0.05) is 101 Å². The van der Waals surface area contributed by atoms with E-state index in [0.717, 1.165) is 0 Å². The van der Waals surface area contributed by atoms with Crippen LogP contribution in [0.4, 0.5) is 0 Å². The molecular weight excluding hydrogens is 1870 g/mol. The van der Waals surface area contributed by atoms with Gasteiger partial charge in [0.2, 0.25) is 53.2 Å². The van der Waals surface area contributed by atoms with Gasteiger partial charge in [-0.15, -0.1) is 0 Å². The first-order chi connectivity index (χ1) is 66.8. The van der Waals surface area contributed by atoms with E-state index in [1.165, 1.54) is 0 Å². The Hall–Kier alpha value is -9.12. The minimum atomic E-state index is -0.929. The number of ether oxygens (including phenoxy) is 14. The molecule has 143 heavy (non-hydrogen) atoms. The molecule has 0 aliphatic rings. The van der Waals surface area contributed by atoms with Crippen LogP contribution in [0.15, 0.2) is 24.3 Å². The molecule has 12 N–H and O–H groups in total. The van der Waals surface area contributed by atoms with Gasteiger partial charge in [0.05, 0.1) is 176 Å². The van der Waals surface area contributed by atoms with Crippen molar-refractivity contribution in [1.29, 1.82) is 0 Å². The third-order valence-corrected chi connectivity index (χ3v) is 17.2. The SMILES string of the molecule is CC(C)OCCC(=O)C(CC(N)=O)NC(=O)COC(C)C.CC(C)OCCC(=O)C(CN)NC(=O)COC(C)C.CC(C)OCCC(=O)CCNC(=O)COC(C)C.CC(C)OCCC(=O)CNC(=O)CCC(=O)CNC(=O)COC(C)C.CC(C)OCCC(=O)CNC(=O)COC(C)C.CC(C)OCCC(=O)c1ccc(C(=O)CCOC(C)C)cc1.CC(C)OCNC(=O)CCC(=O)CNC(=O)COC(C)C. The van der Waals surface area contributed by atoms with E-state index in [-0.39, 0.29) is 316 Å². The van der Waals surface area contributed by atoms with E-state index in [9.17, 15) is 86.3 Å². The Morgan fingerprint density at radius 3 is 0.748 bits per heavy atom. The van der Waals surface area contributed by atoms with Crippen LogP contribution in [0.2, 0.25) is 0 Å². The summed E-state index contributed by atoms with van der Waals surface area (Å²) in [5, 5.41) is 20.1. The quantitative estimate of drug-likeness (QED) is 0.0231. The molecule has 42 heteroatoms. The second-order valence-corrected chi connectivity index (χ2v) is 36.2. The Morgan fingerprint density at radius 2 is 0.469 bits per heavy atom. The first kappa shape index (κ1) is 145. The Kier molecular flexibility index (Phi) is 93.7. The zero-order valence-electron chi connectivity index (χ0n) is 91.1. The van der Waals surface area contributed by atoms with E-state index in [2.05, 4.69) is 42.5 Å². The predicted octanol–water partition coefficient (Wildman–Crippen LogP) is 7.04. The van der Waals surface area contributed by atoms with Crippen molar-refractivity contribution in [1.82, 2.24) is 42.5 Å². The van der Waals surface area contributed by atoms with Gasteiger partial charge < -0.3 is 120 Å². The number of hydrogen-bond acceptors (Lipinski definition) is 33. The monoisotopic (exact) mass is 2050 g/mol. The highest BCUT2D eigenvalue weighted by atomic mass is 16.5. The van der Waals surface area contributed by atoms with Gasteiger partial charge in [0.25, 0.3) is 0 Å². The van der Waals surface area contributed by atoms with Gasteiger partial charge in [-0.3, -0.25) is 86.3 Å². The number of amides is 9. The second-order valence-electron chi connectivity index (χ2n) is 36.2. The fraction of sp³-hybridized carbons (Fsp3) is 0.762. The first-order valence-electron chi connectivity index (χ1n) is 49.4. The number of nitrogens with one attached hydrogen (secondary N) is 8. The van der Waals surface area contributed by atoms with Gasteiger partial charge in [0.15, 0.2) is 46.3 Å². The second kappa shape index (κ2) is 92.7. The lowest BCUT2D eigenvalue weighted by atomic mass is 10.0. The van der Waals surface area contributed by atoms with Crippen molar-refractivity contribution in [2.24, 2.45) is 11.5 Å². The fourth-order valence-corrected chi connectivity index (χ4v) is 9.70. The first-order valence-corrected chi connectivity index (χ1v) is 49.4. The molecule has 0 fully saturated rings. The third kappa shape index (κ3) is 108. The molecule has 0 aliphatic carbocycles. The van der Waals surface area contributed by atoms with Gasteiger partial charge in [-0.05, 0) is 194 Å². The molecule has 828 valence electrons. The van der Waals surface area contributed by atoms with Crippen LogP contribution in [-0.4, -0.2) is 335 Å². The van der Waals surface area contributed by atoms with Crippen LogP contribution >= 0.6 is 0 Å². The Bertz CT molecular complexity index is 3640. The normalized spacial score (nSPS) is 11.4. The van der Waals surface area contributed by atoms with E-state index in [4.69, 9.17) is 77.8 Å². The van der Waals surface area contributed by atoms with Crippen molar-refractivity contribution in [2.75, 3.05) is 132 Å². The molecule has 0 heterocycles. The summed E-state index contributed by atoms with van der Waals surface area (Å²) in [7, 11) is 0. The molecule has 0 bridgehead atoms. The maximum Gasteiger partial charge on any atom is 0.246 e. The van der Waals surface area contributed by atoms with Crippen LogP contribution in [-0.2, 0) is 143 Å². The molecule has 0 saturated heterocycles. The lowest BCUT2D eigenvalue weighted by Crippen LogP contribution is -2.47. The van der Waals surface area contributed by atoms with E-state index in [0.29, 0.717) is 89.4 Å². The molecule has 1 aromatic carbocycles. The Morgan fingerprint density at radius 1 is 0.238 bits per heavy atom. The van der Waals surface area contributed by atoms with Gasteiger partial charge in [-0.2, -0.15) is 0 Å². The highest BCUT2D eigenvalue weighted by molar-refractivity contribution is 6.00.